The van der Waals surface area contributed by atoms with Crippen LogP contribution in [0.2, 0.25) is 0 Å². The van der Waals surface area contributed by atoms with Crippen molar-refractivity contribution in [2.75, 3.05) is 13.1 Å². The van der Waals surface area contributed by atoms with Gasteiger partial charge < -0.3 is 10.6 Å². The minimum Gasteiger partial charge on any atom is -0.357 e. The zero-order chi connectivity index (χ0) is 17.1. The normalized spacial score (nSPS) is 25.3. The molecule has 132 valence electrons. The van der Waals surface area contributed by atoms with Crippen molar-refractivity contribution >= 4 is 5.96 Å². The molecular formula is C19H26N6. The molecule has 0 bridgehead atoms. The predicted octanol–water partition coefficient (Wildman–Crippen LogP) is 1.95. The van der Waals surface area contributed by atoms with Crippen molar-refractivity contribution in [3.63, 3.8) is 0 Å². The lowest BCUT2D eigenvalue weighted by molar-refractivity contribution is 0.392. The van der Waals surface area contributed by atoms with Gasteiger partial charge in [-0.3, -0.25) is 4.99 Å². The molecule has 1 saturated carbocycles. The summed E-state index contributed by atoms with van der Waals surface area (Å²) in [6.07, 6.45) is 4.93. The van der Waals surface area contributed by atoms with E-state index in [1.807, 2.05) is 4.68 Å². The third-order valence-electron chi connectivity index (χ3n) is 5.12. The van der Waals surface area contributed by atoms with Crippen molar-refractivity contribution in [1.29, 1.82) is 0 Å². The fraction of sp³-hybridized carbons (Fsp3) is 0.526. The van der Waals surface area contributed by atoms with Gasteiger partial charge >= 0.3 is 0 Å². The third kappa shape index (κ3) is 3.83. The number of nitrogens with zero attached hydrogens (tertiary/aromatic N) is 4. The molecule has 0 spiro atoms. The molecule has 2 aromatic rings. The first-order valence-corrected chi connectivity index (χ1v) is 9.30. The van der Waals surface area contributed by atoms with Crippen LogP contribution in [0.5, 0.6) is 0 Å². The van der Waals surface area contributed by atoms with Gasteiger partial charge in [-0.25, -0.2) is 9.67 Å². The number of fused-ring (bicyclic) bond motifs is 1. The van der Waals surface area contributed by atoms with E-state index in [1.165, 1.54) is 12.0 Å². The zero-order valence-corrected chi connectivity index (χ0v) is 14.7. The zero-order valence-electron chi connectivity index (χ0n) is 14.7. The van der Waals surface area contributed by atoms with Crippen molar-refractivity contribution in [3.8, 4) is 0 Å². The Labute approximate surface area is 148 Å². The summed E-state index contributed by atoms with van der Waals surface area (Å²) in [5, 5.41) is 11.2. The van der Waals surface area contributed by atoms with E-state index in [0.29, 0.717) is 17.9 Å². The maximum atomic E-state index is 4.84. The molecule has 1 fully saturated rings. The van der Waals surface area contributed by atoms with Crippen molar-refractivity contribution in [2.45, 2.75) is 44.7 Å². The third-order valence-corrected chi connectivity index (χ3v) is 5.12. The second kappa shape index (κ2) is 7.25. The van der Waals surface area contributed by atoms with E-state index in [-0.39, 0.29) is 0 Å². The maximum absolute atomic E-state index is 4.84. The first-order valence-electron chi connectivity index (χ1n) is 9.30. The van der Waals surface area contributed by atoms with Gasteiger partial charge in [0.1, 0.15) is 12.2 Å². The number of aromatic nitrogens is 3. The summed E-state index contributed by atoms with van der Waals surface area (Å²) in [7, 11) is 0. The molecule has 2 aliphatic rings. The lowest BCUT2D eigenvalue weighted by atomic mass is 10.1. The van der Waals surface area contributed by atoms with Crippen molar-refractivity contribution in [1.82, 2.24) is 25.4 Å². The number of rotatable bonds is 5. The molecule has 3 unspecified atom stereocenters. The smallest absolute Gasteiger partial charge is 0.191 e. The average molecular weight is 338 g/mol. The van der Waals surface area contributed by atoms with Gasteiger partial charge in [-0.1, -0.05) is 30.3 Å². The molecule has 6 nitrogen and oxygen atoms in total. The van der Waals surface area contributed by atoms with Gasteiger partial charge in [0.25, 0.3) is 0 Å². The van der Waals surface area contributed by atoms with Gasteiger partial charge in [-0.15, -0.1) is 0 Å². The first kappa shape index (κ1) is 16.1. The molecule has 0 saturated heterocycles. The van der Waals surface area contributed by atoms with E-state index < -0.39 is 0 Å². The van der Waals surface area contributed by atoms with Gasteiger partial charge in [0.15, 0.2) is 5.96 Å². The molecule has 1 aliphatic carbocycles. The number of nitrogens with one attached hydrogen (secondary N) is 2. The van der Waals surface area contributed by atoms with Gasteiger partial charge in [0.05, 0.1) is 6.54 Å². The molecule has 1 aromatic carbocycles. The summed E-state index contributed by atoms with van der Waals surface area (Å²) < 4.78 is 2.00. The number of aliphatic imine (C=N–C) groups is 1. The van der Waals surface area contributed by atoms with E-state index >= 15 is 0 Å². The van der Waals surface area contributed by atoms with Crippen LogP contribution in [0.4, 0.5) is 0 Å². The summed E-state index contributed by atoms with van der Waals surface area (Å²) in [6, 6.07) is 11.2. The van der Waals surface area contributed by atoms with Crippen LogP contribution in [0.3, 0.4) is 0 Å². The highest BCUT2D eigenvalue weighted by atomic mass is 15.4. The fourth-order valence-electron chi connectivity index (χ4n) is 3.64. The summed E-state index contributed by atoms with van der Waals surface area (Å²) in [5.74, 6) is 3.37. The van der Waals surface area contributed by atoms with E-state index in [4.69, 9.17) is 4.99 Å². The van der Waals surface area contributed by atoms with E-state index in [0.717, 1.165) is 44.3 Å². The SMILES string of the molecule is CCNC(=NCC1CC1c1ccccc1)NC1CCc2ncnn2C1. The van der Waals surface area contributed by atoms with E-state index in [2.05, 4.69) is 58.0 Å². The molecule has 4 rings (SSSR count). The molecule has 0 amide bonds. The van der Waals surface area contributed by atoms with Crippen LogP contribution in [0, 0.1) is 5.92 Å². The fourth-order valence-corrected chi connectivity index (χ4v) is 3.64. The summed E-state index contributed by atoms with van der Waals surface area (Å²) in [6.45, 7) is 4.73. The Hall–Kier alpha value is -2.37. The summed E-state index contributed by atoms with van der Waals surface area (Å²) in [4.78, 5) is 9.13. The van der Waals surface area contributed by atoms with Crippen molar-refractivity contribution < 1.29 is 0 Å². The molecule has 3 atom stereocenters. The summed E-state index contributed by atoms with van der Waals surface area (Å²) in [5.41, 5.74) is 1.45. The first-order chi connectivity index (χ1) is 12.3. The lowest BCUT2D eigenvalue weighted by Gasteiger charge is -2.25. The predicted molar refractivity (Wildman–Crippen MR) is 98.5 cm³/mol. The van der Waals surface area contributed by atoms with Crippen LogP contribution in [0.1, 0.15) is 37.1 Å². The van der Waals surface area contributed by atoms with Crippen molar-refractivity contribution in [2.24, 2.45) is 10.9 Å². The second-order valence-corrected chi connectivity index (χ2v) is 6.97. The second-order valence-electron chi connectivity index (χ2n) is 6.97. The summed E-state index contributed by atoms with van der Waals surface area (Å²) >= 11 is 0. The lowest BCUT2D eigenvalue weighted by Crippen LogP contribution is -2.47. The molecule has 2 N–H and O–H groups in total. The minimum atomic E-state index is 0.358. The van der Waals surface area contributed by atoms with Crippen LogP contribution >= 0.6 is 0 Å². The van der Waals surface area contributed by atoms with Gasteiger partial charge in [-0.05, 0) is 37.2 Å². The van der Waals surface area contributed by atoms with Crippen LogP contribution in [0.25, 0.3) is 0 Å². The van der Waals surface area contributed by atoms with E-state index in [9.17, 15) is 0 Å². The Morgan fingerprint density at radius 3 is 3.04 bits per heavy atom. The number of benzene rings is 1. The number of hydrogen-bond acceptors (Lipinski definition) is 3. The van der Waals surface area contributed by atoms with Crippen LogP contribution in [-0.2, 0) is 13.0 Å². The van der Waals surface area contributed by atoms with Gasteiger partial charge in [-0.2, -0.15) is 5.10 Å². The average Bonchev–Trinajstić information content (AvgIpc) is 3.28. The Morgan fingerprint density at radius 2 is 2.20 bits per heavy atom. The standard InChI is InChI=1S/C19H26N6/c1-2-20-19(24-16-8-9-18-22-13-23-25(18)12-16)21-11-15-10-17(15)14-6-4-3-5-7-14/h3-7,13,15-17H,2,8-12H2,1H3,(H2,20,21,24). The van der Waals surface area contributed by atoms with Crippen LogP contribution in [0.15, 0.2) is 41.7 Å². The molecule has 1 aliphatic heterocycles. The topological polar surface area (TPSA) is 67.1 Å². The minimum absolute atomic E-state index is 0.358. The molecule has 0 radical (unpaired) electrons. The molecule has 1 aromatic heterocycles. The highest BCUT2D eigenvalue weighted by Gasteiger charge is 2.37. The monoisotopic (exact) mass is 338 g/mol. The van der Waals surface area contributed by atoms with Crippen molar-refractivity contribution in [3.05, 3.63) is 48.0 Å². The quantitative estimate of drug-likeness (QED) is 0.646. The molecular weight excluding hydrogens is 312 g/mol. The Bertz CT molecular complexity index is 723. The van der Waals surface area contributed by atoms with Crippen LogP contribution < -0.4 is 10.6 Å². The number of guanidine groups is 1. The Kier molecular flexibility index (Phi) is 4.68. The maximum Gasteiger partial charge on any atom is 0.191 e. The number of hydrogen-bond donors (Lipinski definition) is 2. The highest BCUT2D eigenvalue weighted by molar-refractivity contribution is 5.80. The van der Waals surface area contributed by atoms with Gasteiger partial charge in [0, 0.05) is 25.6 Å². The van der Waals surface area contributed by atoms with E-state index in [1.54, 1.807) is 6.33 Å². The van der Waals surface area contributed by atoms with Gasteiger partial charge in [0.2, 0.25) is 0 Å². The van der Waals surface area contributed by atoms with Crippen LogP contribution in [-0.4, -0.2) is 39.9 Å². The Balaban J connectivity index is 1.33. The molecule has 6 heteroatoms. The molecule has 25 heavy (non-hydrogen) atoms. The largest absolute Gasteiger partial charge is 0.357 e. The molecule has 2 heterocycles. The Morgan fingerprint density at radius 1 is 1.32 bits per heavy atom. The highest BCUT2D eigenvalue weighted by Crippen LogP contribution is 2.47. The number of aryl methyl sites for hydroxylation is 1.